The summed E-state index contributed by atoms with van der Waals surface area (Å²) in [6, 6.07) is 10.0. The second kappa shape index (κ2) is 3.81. The second-order valence-electron chi connectivity index (χ2n) is 3.56. The monoisotopic (exact) mass is 202 g/mol. The van der Waals surface area contributed by atoms with Gasteiger partial charge in [-0.3, -0.25) is 0 Å². The Labute approximate surface area is 89.5 Å². The zero-order valence-corrected chi connectivity index (χ0v) is 9.20. The van der Waals surface area contributed by atoms with Gasteiger partial charge in [-0.15, -0.1) is 0 Å². The molecule has 0 bridgehead atoms. The summed E-state index contributed by atoms with van der Waals surface area (Å²) in [5.74, 6) is 2.77. The van der Waals surface area contributed by atoms with Crippen molar-refractivity contribution in [2.45, 2.75) is 13.8 Å². The summed E-state index contributed by atoms with van der Waals surface area (Å²) >= 11 is 0. The van der Waals surface area contributed by atoms with Gasteiger partial charge in [0, 0.05) is 5.56 Å². The van der Waals surface area contributed by atoms with Crippen molar-refractivity contribution < 1.29 is 9.15 Å². The number of methoxy groups -OCH3 is 1. The van der Waals surface area contributed by atoms with E-state index in [1.54, 1.807) is 7.11 Å². The summed E-state index contributed by atoms with van der Waals surface area (Å²) in [4.78, 5) is 0. The highest BCUT2D eigenvalue weighted by Crippen LogP contribution is 2.27. The average molecular weight is 202 g/mol. The number of ether oxygens (including phenoxy) is 1. The lowest BCUT2D eigenvalue weighted by atomic mass is 10.1. The van der Waals surface area contributed by atoms with Crippen LogP contribution in [0.3, 0.4) is 0 Å². The Balaban J connectivity index is 2.41. The first-order chi connectivity index (χ1) is 7.20. The third-order valence-electron chi connectivity index (χ3n) is 2.44. The maximum Gasteiger partial charge on any atom is 0.118 e. The molecule has 1 aromatic heterocycles. The normalized spacial score (nSPS) is 10.3. The summed E-state index contributed by atoms with van der Waals surface area (Å²) in [5, 5.41) is 0. The van der Waals surface area contributed by atoms with Crippen LogP contribution in [0, 0.1) is 13.8 Å². The first-order valence-corrected chi connectivity index (χ1v) is 4.92. The van der Waals surface area contributed by atoms with Gasteiger partial charge in [0.05, 0.1) is 7.11 Å². The van der Waals surface area contributed by atoms with Gasteiger partial charge in [0.1, 0.15) is 17.3 Å². The van der Waals surface area contributed by atoms with Crippen LogP contribution < -0.4 is 4.74 Å². The van der Waals surface area contributed by atoms with Crippen LogP contribution in [0.5, 0.6) is 5.75 Å². The van der Waals surface area contributed by atoms with E-state index in [2.05, 4.69) is 6.07 Å². The summed E-state index contributed by atoms with van der Waals surface area (Å²) < 4.78 is 10.6. The van der Waals surface area contributed by atoms with Crippen molar-refractivity contribution in [1.29, 1.82) is 0 Å². The molecule has 0 amide bonds. The lowest BCUT2D eigenvalue weighted by Crippen LogP contribution is -1.82. The molecule has 0 spiro atoms. The Bertz CT molecular complexity index is 452. The molecule has 2 rings (SSSR count). The molecular weight excluding hydrogens is 188 g/mol. The van der Waals surface area contributed by atoms with Crippen LogP contribution >= 0.6 is 0 Å². The number of furan rings is 1. The number of benzene rings is 1. The molecule has 15 heavy (non-hydrogen) atoms. The van der Waals surface area contributed by atoms with E-state index in [-0.39, 0.29) is 0 Å². The van der Waals surface area contributed by atoms with Crippen LogP contribution in [0.4, 0.5) is 0 Å². The molecule has 1 aromatic carbocycles. The van der Waals surface area contributed by atoms with Gasteiger partial charge in [-0.1, -0.05) is 12.1 Å². The molecule has 2 aromatic rings. The molecule has 0 unspecified atom stereocenters. The Morgan fingerprint density at radius 3 is 2.20 bits per heavy atom. The van der Waals surface area contributed by atoms with Gasteiger partial charge in [0.15, 0.2) is 0 Å². The lowest BCUT2D eigenvalue weighted by Gasteiger charge is -2.01. The summed E-state index contributed by atoms with van der Waals surface area (Å²) in [5.41, 5.74) is 2.31. The molecule has 1 heterocycles. The van der Waals surface area contributed by atoms with Gasteiger partial charge in [0.25, 0.3) is 0 Å². The van der Waals surface area contributed by atoms with E-state index in [1.807, 2.05) is 38.1 Å². The molecule has 0 aliphatic heterocycles. The molecule has 0 N–H and O–H groups in total. The number of hydrogen-bond donors (Lipinski definition) is 0. The van der Waals surface area contributed by atoms with E-state index in [1.165, 1.54) is 0 Å². The third kappa shape index (κ3) is 1.89. The Morgan fingerprint density at radius 1 is 1.07 bits per heavy atom. The molecule has 0 saturated heterocycles. The predicted octanol–water partition coefficient (Wildman–Crippen LogP) is 3.57. The van der Waals surface area contributed by atoms with E-state index < -0.39 is 0 Å². The predicted molar refractivity (Wildman–Crippen MR) is 60.2 cm³/mol. The van der Waals surface area contributed by atoms with Crippen LogP contribution in [-0.2, 0) is 0 Å². The van der Waals surface area contributed by atoms with Crippen molar-refractivity contribution in [3.05, 3.63) is 41.9 Å². The first-order valence-electron chi connectivity index (χ1n) is 4.92. The van der Waals surface area contributed by atoms with Crippen molar-refractivity contribution in [1.82, 2.24) is 0 Å². The Kier molecular flexibility index (Phi) is 2.50. The Hall–Kier alpha value is -1.70. The molecule has 0 atom stereocenters. The van der Waals surface area contributed by atoms with Crippen LogP contribution in [0.2, 0.25) is 0 Å². The van der Waals surface area contributed by atoms with Crippen molar-refractivity contribution in [3.63, 3.8) is 0 Å². The van der Waals surface area contributed by atoms with Gasteiger partial charge >= 0.3 is 0 Å². The fourth-order valence-electron chi connectivity index (χ4n) is 1.69. The van der Waals surface area contributed by atoms with Gasteiger partial charge < -0.3 is 9.15 Å². The van der Waals surface area contributed by atoms with Crippen molar-refractivity contribution in [2.24, 2.45) is 0 Å². The molecule has 0 aliphatic rings. The molecule has 0 radical (unpaired) electrons. The minimum atomic E-state index is 0.872. The quantitative estimate of drug-likeness (QED) is 0.742. The lowest BCUT2D eigenvalue weighted by molar-refractivity contribution is 0.415. The van der Waals surface area contributed by atoms with Crippen LogP contribution in [0.1, 0.15) is 11.5 Å². The second-order valence-corrected chi connectivity index (χ2v) is 3.56. The standard InChI is InChI=1S/C13H14O2/c1-9-8-13(10(2)15-9)11-4-6-12(14-3)7-5-11/h4-8H,1-3H3. The minimum absolute atomic E-state index is 0.872. The highest BCUT2D eigenvalue weighted by atomic mass is 16.5. The zero-order valence-electron chi connectivity index (χ0n) is 9.20. The van der Waals surface area contributed by atoms with Crippen molar-refractivity contribution in [2.75, 3.05) is 7.11 Å². The fraction of sp³-hybridized carbons (Fsp3) is 0.231. The molecule has 2 nitrogen and oxygen atoms in total. The first kappa shape index (κ1) is 9.84. The van der Waals surface area contributed by atoms with Gasteiger partial charge in [0.2, 0.25) is 0 Å². The average Bonchev–Trinajstić information content (AvgIpc) is 2.58. The zero-order chi connectivity index (χ0) is 10.8. The maximum atomic E-state index is 5.49. The van der Waals surface area contributed by atoms with Gasteiger partial charge in [-0.2, -0.15) is 0 Å². The van der Waals surface area contributed by atoms with E-state index >= 15 is 0 Å². The van der Waals surface area contributed by atoms with E-state index in [0.29, 0.717) is 0 Å². The van der Waals surface area contributed by atoms with E-state index in [0.717, 1.165) is 28.4 Å². The van der Waals surface area contributed by atoms with E-state index in [9.17, 15) is 0 Å². The molecule has 2 heteroatoms. The minimum Gasteiger partial charge on any atom is -0.497 e. The molecular formula is C13H14O2. The van der Waals surface area contributed by atoms with Crippen molar-refractivity contribution >= 4 is 0 Å². The molecule has 78 valence electrons. The topological polar surface area (TPSA) is 22.4 Å². The smallest absolute Gasteiger partial charge is 0.118 e. The highest BCUT2D eigenvalue weighted by molar-refractivity contribution is 5.66. The number of rotatable bonds is 2. The van der Waals surface area contributed by atoms with Crippen molar-refractivity contribution in [3.8, 4) is 16.9 Å². The third-order valence-corrected chi connectivity index (χ3v) is 2.44. The maximum absolute atomic E-state index is 5.49. The fourth-order valence-corrected chi connectivity index (χ4v) is 1.69. The Morgan fingerprint density at radius 2 is 1.73 bits per heavy atom. The summed E-state index contributed by atoms with van der Waals surface area (Å²) in [6.07, 6.45) is 0. The SMILES string of the molecule is COc1ccc(-c2cc(C)oc2C)cc1. The number of hydrogen-bond acceptors (Lipinski definition) is 2. The molecule has 0 fully saturated rings. The van der Waals surface area contributed by atoms with Crippen LogP contribution in [0.25, 0.3) is 11.1 Å². The van der Waals surface area contributed by atoms with Gasteiger partial charge in [-0.25, -0.2) is 0 Å². The summed E-state index contributed by atoms with van der Waals surface area (Å²) in [7, 11) is 1.67. The van der Waals surface area contributed by atoms with E-state index in [4.69, 9.17) is 9.15 Å². The molecule has 0 saturated carbocycles. The summed E-state index contributed by atoms with van der Waals surface area (Å²) in [6.45, 7) is 3.94. The van der Waals surface area contributed by atoms with Crippen LogP contribution in [-0.4, -0.2) is 7.11 Å². The largest absolute Gasteiger partial charge is 0.497 e. The number of aryl methyl sites for hydroxylation is 2. The highest BCUT2D eigenvalue weighted by Gasteiger charge is 2.06. The molecule has 0 aliphatic carbocycles. The van der Waals surface area contributed by atoms with Gasteiger partial charge in [-0.05, 0) is 37.6 Å². The van der Waals surface area contributed by atoms with Crippen LogP contribution in [0.15, 0.2) is 34.7 Å².